The fourth-order valence-electron chi connectivity index (χ4n) is 1.79. The van der Waals surface area contributed by atoms with Crippen LogP contribution in [0.15, 0.2) is 54.4 Å². The molecule has 3 N–H and O–H groups in total. The monoisotopic (exact) mass is 228 g/mol. The molecular formula is C13H12N2O2. The first kappa shape index (κ1) is 11.1. The molecule has 1 heterocycles. The van der Waals surface area contributed by atoms with Crippen molar-refractivity contribution < 1.29 is 9.90 Å². The van der Waals surface area contributed by atoms with E-state index in [-0.39, 0.29) is 0 Å². The molecule has 1 unspecified atom stereocenters. The maximum Gasteiger partial charge on any atom is 0.314 e. The zero-order chi connectivity index (χ0) is 12.4. The van der Waals surface area contributed by atoms with Crippen LogP contribution < -0.4 is 5.73 Å². The molecule has 0 aromatic carbocycles. The highest BCUT2D eigenvalue weighted by Gasteiger charge is 2.26. The van der Waals surface area contributed by atoms with E-state index >= 15 is 0 Å². The van der Waals surface area contributed by atoms with Crippen LogP contribution in [0.3, 0.4) is 0 Å². The maximum atomic E-state index is 11.1. The van der Waals surface area contributed by atoms with Gasteiger partial charge in [0.2, 0.25) is 0 Å². The number of hydrogen-bond acceptors (Lipinski definition) is 3. The van der Waals surface area contributed by atoms with Crippen LogP contribution in [0.1, 0.15) is 5.69 Å². The number of allylic oxidation sites excluding steroid dienone is 2. The number of hydrogen-bond donors (Lipinski definition) is 2. The molecule has 17 heavy (non-hydrogen) atoms. The number of aliphatic carboxylic acids is 1. The van der Waals surface area contributed by atoms with Gasteiger partial charge in [0.25, 0.3) is 0 Å². The average Bonchev–Trinajstić information content (AvgIpc) is 2.30. The number of aromatic nitrogens is 1. The molecule has 1 aromatic rings. The number of nitrogens with zero attached hydrogens (tertiary/aromatic N) is 1. The van der Waals surface area contributed by atoms with E-state index in [1.165, 1.54) is 6.08 Å². The van der Waals surface area contributed by atoms with Gasteiger partial charge in [0.15, 0.2) is 0 Å². The largest absolute Gasteiger partial charge is 0.481 e. The summed E-state index contributed by atoms with van der Waals surface area (Å²) in [5.74, 6) is -1.67. The molecule has 86 valence electrons. The van der Waals surface area contributed by atoms with E-state index in [1.807, 2.05) is 6.07 Å². The fraction of sp³-hybridized carbons (Fsp3) is 0.0769. The molecule has 0 bridgehead atoms. The summed E-state index contributed by atoms with van der Waals surface area (Å²) in [7, 11) is 0. The predicted molar refractivity (Wildman–Crippen MR) is 64.8 cm³/mol. The summed E-state index contributed by atoms with van der Waals surface area (Å²) in [4.78, 5) is 15.2. The first-order valence-corrected chi connectivity index (χ1v) is 5.12. The Morgan fingerprint density at radius 2 is 2.24 bits per heavy atom. The molecule has 0 saturated heterocycles. The molecule has 1 aliphatic rings. The van der Waals surface area contributed by atoms with Gasteiger partial charge in [0, 0.05) is 17.5 Å². The molecule has 4 nitrogen and oxygen atoms in total. The second kappa shape index (κ2) is 4.25. The highest BCUT2D eigenvalue weighted by molar-refractivity contribution is 5.90. The van der Waals surface area contributed by atoms with Crippen LogP contribution in [-0.2, 0) is 4.79 Å². The molecular weight excluding hydrogens is 216 g/mol. The van der Waals surface area contributed by atoms with E-state index in [4.69, 9.17) is 10.8 Å². The smallest absolute Gasteiger partial charge is 0.314 e. The van der Waals surface area contributed by atoms with E-state index in [1.54, 1.807) is 24.4 Å². The molecule has 0 spiro atoms. The van der Waals surface area contributed by atoms with Crippen molar-refractivity contribution in [3.8, 4) is 0 Å². The van der Waals surface area contributed by atoms with Crippen LogP contribution in [-0.4, -0.2) is 16.1 Å². The van der Waals surface area contributed by atoms with Gasteiger partial charge in [-0.15, -0.1) is 0 Å². The second-order valence-corrected chi connectivity index (χ2v) is 3.75. The van der Waals surface area contributed by atoms with Gasteiger partial charge in [-0.05, 0) is 23.8 Å². The molecule has 4 heteroatoms. The summed E-state index contributed by atoms with van der Waals surface area (Å²) in [5, 5.41) is 9.06. The van der Waals surface area contributed by atoms with Gasteiger partial charge < -0.3 is 10.8 Å². The van der Waals surface area contributed by atoms with Gasteiger partial charge in [-0.3, -0.25) is 9.78 Å². The minimum absolute atomic E-state index is 0.469. The van der Waals surface area contributed by atoms with Gasteiger partial charge in [-0.1, -0.05) is 18.7 Å². The van der Waals surface area contributed by atoms with Crippen molar-refractivity contribution >= 4 is 11.5 Å². The Labute approximate surface area is 98.8 Å². The van der Waals surface area contributed by atoms with Crippen molar-refractivity contribution in [1.29, 1.82) is 0 Å². The van der Waals surface area contributed by atoms with Crippen LogP contribution in [0.5, 0.6) is 0 Å². The van der Waals surface area contributed by atoms with Crippen molar-refractivity contribution in [2.24, 2.45) is 11.7 Å². The minimum Gasteiger partial charge on any atom is -0.481 e. The zero-order valence-corrected chi connectivity index (χ0v) is 9.13. The third-order valence-corrected chi connectivity index (χ3v) is 2.64. The van der Waals surface area contributed by atoms with Crippen molar-refractivity contribution in [3.05, 3.63) is 60.1 Å². The standard InChI is InChI=1S/C13H12N2O2/c1-8-9(13(16)17)5-6-10(14)12(8)11-4-2-3-7-15-11/h2-7,9H,1,14H2,(H,16,17). The third kappa shape index (κ3) is 1.97. The summed E-state index contributed by atoms with van der Waals surface area (Å²) in [5.41, 5.74) is 8.08. The topological polar surface area (TPSA) is 76.2 Å². The Bertz CT molecular complexity index is 530. The van der Waals surface area contributed by atoms with E-state index in [0.717, 1.165) is 0 Å². The number of nitrogens with two attached hydrogens (primary N) is 1. The van der Waals surface area contributed by atoms with Crippen molar-refractivity contribution in [2.45, 2.75) is 0 Å². The van der Waals surface area contributed by atoms with E-state index in [0.29, 0.717) is 22.5 Å². The Balaban J connectivity index is 2.49. The second-order valence-electron chi connectivity index (χ2n) is 3.75. The van der Waals surface area contributed by atoms with Gasteiger partial charge in [0.1, 0.15) is 5.92 Å². The first-order chi connectivity index (χ1) is 8.11. The van der Waals surface area contributed by atoms with Crippen LogP contribution in [0.2, 0.25) is 0 Å². The number of pyridine rings is 1. The lowest BCUT2D eigenvalue weighted by Gasteiger charge is -2.20. The molecule has 1 atom stereocenters. The van der Waals surface area contributed by atoms with Gasteiger partial charge in [-0.25, -0.2) is 0 Å². The summed E-state index contributed by atoms with van der Waals surface area (Å²) in [6, 6.07) is 5.39. The summed E-state index contributed by atoms with van der Waals surface area (Å²) >= 11 is 0. The number of carboxylic acids is 1. The van der Waals surface area contributed by atoms with Crippen LogP contribution >= 0.6 is 0 Å². The Kier molecular flexibility index (Phi) is 2.78. The van der Waals surface area contributed by atoms with Gasteiger partial charge >= 0.3 is 5.97 Å². The SMILES string of the molecule is C=C1C(c2ccccn2)=C(N)C=CC1C(=O)O. The van der Waals surface area contributed by atoms with Crippen LogP contribution in [0, 0.1) is 5.92 Å². The first-order valence-electron chi connectivity index (χ1n) is 5.12. The average molecular weight is 228 g/mol. The summed E-state index contributed by atoms with van der Waals surface area (Å²) in [6.07, 6.45) is 4.76. The lowest BCUT2D eigenvalue weighted by molar-refractivity contribution is -0.138. The van der Waals surface area contributed by atoms with E-state index in [2.05, 4.69) is 11.6 Å². The molecule has 1 aromatic heterocycles. The fourth-order valence-corrected chi connectivity index (χ4v) is 1.79. The normalized spacial score (nSPS) is 19.5. The molecule has 0 aliphatic heterocycles. The summed E-state index contributed by atoms with van der Waals surface area (Å²) in [6.45, 7) is 3.82. The Morgan fingerprint density at radius 3 is 2.82 bits per heavy atom. The van der Waals surface area contributed by atoms with Crippen LogP contribution in [0.25, 0.3) is 5.57 Å². The highest BCUT2D eigenvalue weighted by Crippen LogP contribution is 2.32. The third-order valence-electron chi connectivity index (χ3n) is 2.64. The molecule has 0 fully saturated rings. The molecule has 0 radical (unpaired) electrons. The number of rotatable bonds is 2. The quantitative estimate of drug-likeness (QED) is 0.805. The van der Waals surface area contributed by atoms with Gasteiger partial charge in [-0.2, -0.15) is 0 Å². The molecule has 0 saturated carbocycles. The van der Waals surface area contributed by atoms with Crippen molar-refractivity contribution in [3.63, 3.8) is 0 Å². The number of carbonyl (C=O) groups is 1. The molecule has 1 aliphatic carbocycles. The number of carboxylic acid groups (broad SMARTS) is 1. The van der Waals surface area contributed by atoms with Crippen molar-refractivity contribution in [2.75, 3.05) is 0 Å². The molecule has 2 rings (SSSR count). The lowest BCUT2D eigenvalue weighted by atomic mass is 9.86. The maximum absolute atomic E-state index is 11.1. The van der Waals surface area contributed by atoms with E-state index in [9.17, 15) is 4.79 Å². The lowest BCUT2D eigenvalue weighted by Crippen LogP contribution is -2.19. The van der Waals surface area contributed by atoms with Gasteiger partial charge in [0.05, 0.1) is 5.69 Å². The highest BCUT2D eigenvalue weighted by atomic mass is 16.4. The van der Waals surface area contributed by atoms with Crippen LogP contribution in [0.4, 0.5) is 0 Å². The van der Waals surface area contributed by atoms with Crippen molar-refractivity contribution in [1.82, 2.24) is 4.98 Å². The predicted octanol–water partition coefficient (Wildman–Crippen LogP) is 1.58. The Morgan fingerprint density at radius 1 is 1.47 bits per heavy atom. The minimum atomic E-state index is -0.938. The molecule has 0 amide bonds. The summed E-state index contributed by atoms with van der Waals surface area (Å²) < 4.78 is 0. The zero-order valence-electron chi connectivity index (χ0n) is 9.13. The Hall–Kier alpha value is -2.36. The van der Waals surface area contributed by atoms with E-state index < -0.39 is 11.9 Å².